The zero-order chi connectivity index (χ0) is 22.4. The number of hydrogen-bond acceptors (Lipinski definition) is 5. The molecule has 4 N–H and O–H groups in total. The highest BCUT2D eigenvalue weighted by molar-refractivity contribution is 7.89. The minimum atomic E-state index is -3.70. The molecule has 0 aliphatic rings. The number of furan rings is 1. The summed E-state index contributed by atoms with van der Waals surface area (Å²) in [5.41, 5.74) is 6.37. The van der Waals surface area contributed by atoms with Crippen LogP contribution in [0, 0.1) is 0 Å². The number of carbonyl (C=O) groups is 2. The van der Waals surface area contributed by atoms with Crippen LogP contribution in [0.1, 0.15) is 21.7 Å². The number of benzene rings is 2. The lowest BCUT2D eigenvalue weighted by Gasteiger charge is -2.06. The Bertz CT molecular complexity index is 1220. The molecule has 0 radical (unpaired) electrons. The lowest BCUT2D eigenvalue weighted by Crippen LogP contribution is -2.22. The van der Waals surface area contributed by atoms with Gasteiger partial charge >= 0.3 is 0 Å². The molecule has 0 unspecified atom stereocenters. The van der Waals surface area contributed by atoms with E-state index in [9.17, 15) is 18.0 Å². The molecule has 0 saturated heterocycles. The van der Waals surface area contributed by atoms with Gasteiger partial charge in [0, 0.05) is 11.8 Å². The third kappa shape index (κ3) is 6.05. The maximum atomic E-state index is 12.3. The van der Waals surface area contributed by atoms with E-state index in [1.807, 2.05) is 0 Å². The van der Waals surface area contributed by atoms with Gasteiger partial charge in [0.1, 0.15) is 5.76 Å². The second kappa shape index (κ2) is 9.61. The normalized spacial score (nSPS) is 11.5. The largest absolute Gasteiger partial charge is 0.468 e. The number of primary amides is 1. The first-order valence-corrected chi connectivity index (χ1v) is 10.8. The molecule has 0 aliphatic heterocycles. The zero-order valence-electron chi connectivity index (χ0n) is 16.0. The van der Waals surface area contributed by atoms with Gasteiger partial charge in [0.05, 0.1) is 28.3 Å². The number of nitrogens with two attached hydrogens (primary N) is 1. The Kier molecular flexibility index (Phi) is 6.91. The van der Waals surface area contributed by atoms with Crippen LogP contribution in [0.15, 0.2) is 76.2 Å². The molecule has 160 valence electrons. The van der Waals surface area contributed by atoms with E-state index < -0.39 is 21.8 Å². The van der Waals surface area contributed by atoms with E-state index >= 15 is 0 Å². The van der Waals surface area contributed by atoms with E-state index in [1.54, 1.807) is 24.3 Å². The monoisotopic (exact) mass is 459 g/mol. The Labute approximate surface area is 183 Å². The highest BCUT2D eigenvalue weighted by atomic mass is 35.5. The van der Waals surface area contributed by atoms with Crippen LogP contribution in [0.3, 0.4) is 0 Å². The molecule has 3 aromatic rings. The quantitative estimate of drug-likeness (QED) is 0.445. The smallest absolute Gasteiger partial charge is 0.250 e. The average Bonchev–Trinajstić information content (AvgIpc) is 3.25. The summed E-state index contributed by atoms with van der Waals surface area (Å²) in [6.45, 7) is 0.0432. The Hall–Kier alpha value is -3.40. The molecular formula is C21H18ClN3O5S. The van der Waals surface area contributed by atoms with Crippen molar-refractivity contribution >= 4 is 45.2 Å². The van der Waals surface area contributed by atoms with Gasteiger partial charge in [0.2, 0.25) is 21.8 Å². The number of rotatable bonds is 8. The molecule has 1 aromatic heterocycles. The predicted molar refractivity (Wildman–Crippen MR) is 117 cm³/mol. The van der Waals surface area contributed by atoms with Gasteiger partial charge in [-0.25, -0.2) is 13.1 Å². The summed E-state index contributed by atoms with van der Waals surface area (Å²) >= 11 is 5.95. The van der Waals surface area contributed by atoms with Gasteiger partial charge in [-0.1, -0.05) is 23.7 Å². The Morgan fingerprint density at radius 1 is 1.10 bits per heavy atom. The molecule has 0 aliphatic carbocycles. The Morgan fingerprint density at radius 3 is 2.45 bits per heavy atom. The van der Waals surface area contributed by atoms with Crippen LogP contribution in [0.2, 0.25) is 5.02 Å². The number of carbonyl (C=O) groups excluding carboxylic acids is 2. The molecule has 0 bridgehead atoms. The maximum Gasteiger partial charge on any atom is 0.250 e. The molecule has 0 spiro atoms. The third-order valence-corrected chi connectivity index (χ3v) is 5.87. The van der Waals surface area contributed by atoms with Crippen LogP contribution in [0.4, 0.5) is 5.69 Å². The van der Waals surface area contributed by atoms with Crippen molar-refractivity contribution in [2.24, 2.45) is 5.73 Å². The van der Waals surface area contributed by atoms with Gasteiger partial charge in [-0.3, -0.25) is 9.59 Å². The summed E-state index contributed by atoms with van der Waals surface area (Å²) in [6.07, 6.45) is 4.28. The molecule has 8 nitrogen and oxygen atoms in total. The molecule has 10 heteroatoms. The molecule has 0 fully saturated rings. The SMILES string of the molecule is NC(=O)c1ccc(NC(=O)/C=C/c2ccc(S(=O)(=O)NCc3ccco3)cc2)cc1Cl. The van der Waals surface area contributed by atoms with Crippen LogP contribution in [-0.4, -0.2) is 20.2 Å². The van der Waals surface area contributed by atoms with Crippen LogP contribution in [0.5, 0.6) is 0 Å². The van der Waals surface area contributed by atoms with Gasteiger partial charge in [-0.2, -0.15) is 0 Å². The molecule has 3 rings (SSSR count). The fourth-order valence-electron chi connectivity index (χ4n) is 2.57. The van der Waals surface area contributed by atoms with Gasteiger partial charge < -0.3 is 15.5 Å². The maximum absolute atomic E-state index is 12.3. The predicted octanol–water partition coefficient (Wildman–Crippen LogP) is 3.16. The van der Waals surface area contributed by atoms with Gasteiger partial charge in [-0.15, -0.1) is 0 Å². The Balaban J connectivity index is 1.60. The van der Waals surface area contributed by atoms with Crippen LogP contribution >= 0.6 is 11.6 Å². The molecule has 31 heavy (non-hydrogen) atoms. The number of halogens is 1. The summed E-state index contributed by atoms with van der Waals surface area (Å²) in [7, 11) is -3.70. The van der Waals surface area contributed by atoms with Crippen LogP contribution in [0.25, 0.3) is 6.08 Å². The minimum absolute atomic E-state index is 0.0432. The molecule has 0 atom stereocenters. The van der Waals surface area contributed by atoms with Crippen molar-refractivity contribution in [2.45, 2.75) is 11.4 Å². The third-order valence-electron chi connectivity index (χ3n) is 4.14. The summed E-state index contributed by atoms with van der Waals surface area (Å²) in [6, 6.07) is 13.7. The van der Waals surface area contributed by atoms with E-state index in [1.165, 1.54) is 48.7 Å². The van der Waals surface area contributed by atoms with Crippen molar-refractivity contribution in [3.63, 3.8) is 0 Å². The number of hydrogen-bond donors (Lipinski definition) is 3. The first kappa shape index (κ1) is 22.3. The van der Waals surface area contributed by atoms with Gasteiger partial charge in [0.15, 0.2) is 0 Å². The first-order valence-electron chi connectivity index (χ1n) is 8.95. The van der Waals surface area contributed by atoms with Crippen molar-refractivity contribution in [2.75, 3.05) is 5.32 Å². The highest BCUT2D eigenvalue weighted by Gasteiger charge is 2.14. The van der Waals surface area contributed by atoms with Gasteiger partial charge in [0.25, 0.3) is 0 Å². The van der Waals surface area contributed by atoms with Crippen molar-refractivity contribution in [1.29, 1.82) is 0 Å². The minimum Gasteiger partial charge on any atom is -0.468 e. The fourth-order valence-corrected chi connectivity index (χ4v) is 3.84. The first-order chi connectivity index (χ1) is 14.7. The summed E-state index contributed by atoms with van der Waals surface area (Å²) in [5.74, 6) is -0.594. The number of sulfonamides is 1. The average molecular weight is 460 g/mol. The van der Waals surface area contributed by atoms with Gasteiger partial charge in [-0.05, 0) is 54.1 Å². The van der Waals surface area contributed by atoms with E-state index in [-0.39, 0.29) is 22.0 Å². The van der Waals surface area contributed by atoms with E-state index in [2.05, 4.69) is 10.0 Å². The standard InChI is InChI=1S/C21H18ClN3O5S/c22-19-12-15(6-9-18(19)21(23)27)25-20(26)10-5-14-3-7-17(8-4-14)31(28,29)24-13-16-2-1-11-30-16/h1-12,24H,13H2,(H2,23,27)(H,25,26)/b10-5+. The van der Waals surface area contributed by atoms with Crippen LogP contribution in [-0.2, 0) is 21.4 Å². The van der Waals surface area contributed by atoms with Crippen molar-refractivity contribution in [3.05, 3.63) is 88.8 Å². The number of anilines is 1. The summed E-state index contributed by atoms with van der Waals surface area (Å²) < 4.78 is 32.2. The lowest BCUT2D eigenvalue weighted by atomic mass is 10.2. The summed E-state index contributed by atoms with van der Waals surface area (Å²) in [5, 5.41) is 2.74. The van der Waals surface area contributed by atoms with Crippen molar-refractivity contribution in [3.8, 4) is 0 Å². The van der Waals surface area contributed by atoms with Crippen molar-refractivity contribution < 1.29 is 22.4 Å². The molecule has 1 heterocycles. The number of amides is 2. The molecule has 2 aromatic carbocycles. The topological polar surface area (TPSA) is 132 Å². The molecule has 2 amide bonds. The van der Waals surface area contributed by atoms with E-state index in [4.69, 9.17) is 21.8 Å². The Morgan fingerprint density at radius 2 is 1.84 bits per heavy atom. The zero-order valence-corrected chi connectivity index (χ0v) is 17.6. The highest BCUT2D eigenvalue weighted by Crippen LogP contribution is 2.20. The molecule has 0 saturated carbocycles. The lowest BCUT2D eigenvalue weighted by molar-refractivity contribution is -0.111. The van der Waals surface area contributed by atoms with Crippen LogP contribution < -0.4 is 15.8 Å². The van der Waals surface area contributed by atoms with E-state index in [0.717, 1.165) is 0 Å². The fraction of sp³-hybridized carbons (Fsp3) is 0.0476. The summed E-state index contributed by atoms with van der Waals surface area (Å²) in [4.78, 5) is 23.4. The number of nitrogens with one attached hydrogen (secondary N) is 2. The molecular weight excluding hydrogens is 442 g/mol. The second-order valence-corrected chi connectivity index (χ2v) is 8.53. The second-order valence-electron chi connectivity index (χ2n) is 6.35. The van der Waals surface area contributed by atoms with E-state index in [0.29, 0.717) is 17.0 Å². The van der Waals surface area contributed by atoms with Crippen molar-refractivity contribution in [1.82, 2.24) is 4.72 Å².